The number of morpholine rings is 1. The molecular formula is C21H24ClN3O6S. The Balaban J connectivity index is 1.75. The molecule has 1 amide bonds. The van der Waals surface area contributed by atoms with Gasteiger partial charge in [-0.25, -0.2) is 8.42 Å². The van der Waals surface area contributed by atoms with Crippen LogP contribution in [0.5, 0.6) is 0 Å². The van der Waals surface area contributed by atoms with E-state index in [1.165, 1.54) is 51.7 Å². The van der Waals surface area contributed by atoms with Crippen molar-refractivity contribution in [3.8, 4) is 0 Å². The number of non-ortho nitro benzene ring substituents is 1. The fourth-order valence-electron chi connectivity index (χ4n) is 3.59. The Bertz CT molecular complexity index is 1110. The summed E-state index contributed by atoms with van der Waals surface area (Å²) in [5.74, 6) is -0.370. The van der Waals surface area contributed by atoms with Gasteiger partial charge in [0, 0.05) is 49.4 Å². The van der Waals surface area contributed by atoms with Crippen molar-refractivity contribution in [2.75, 3.05) is 20.1 Å². The van der Waals surface area contributed by atoms with Gasteiger partial charge in [-0.15, -0.1) is 0 Å². The number of amides is 1. The summed E-state index contributed by atoms with van der Waals surface area (Å²) < 4.78 is 32.9. The van der Waals surface area contributed by atoms with Crippen LogP contribution in [0.1, 0.15) is 29.8 Å². The van der Waals surface area contributed by atoms with Crippen molar-refractivity contribution in [1.82, 2.24) is 9.21 Å². The Morgan fingerprint density at radius 2 is 1.78 bits per heavy atom. The van der Waals surface area contributed by atoms with Crippen LogP contribution < -0.4 is 0 Å². The van der Waals surface area contributed by atoms with Gasteiger partial charge in [0.05, 0.1) is 22.0 Å². The van der Waals surface area contributed by atoms with Crippen LogP contribution in [0, 0.1) is 10.1 Å². The second-order valence-electron chi connectivity index (χ2n) is 7.80. The topological polar surface area (TPSA) is 110 Å². The maximum atomic E-state index is 13.0. The van der Waals surface area contributed by atoms with E-state index >= 15 is 0 Å². The summed E-state index contributed by atoms with van der Waals surface area (Å²) in [5.41, 5.74) is 0.606. The lowest BCUT2D eigenvalue weighted by molar-refractivity contribution is -0.384. The van der Waals surface area contributed by atoms with Crippen LogP contribution in [-0.2, 0) is 21.3 Å². The minimum Gasteiger partial charge on any atom is -0.373 e. The summed E-state index contributed by atoms with van der Waals surface area (Å²) in [4.78, 5) is 24.7. The molecule has 0 bridgehead atoms. The van der Waals surface area contributed by atoms with E-state index in [2.05, 4.69) is 0 Å². The average Bonchev–Trinajstić information content (AvgIpc) is 2.74. The molecule has 0 unspecified atom stereocenters. The summed E-state index contributed by atoms with van der Waals surface area (Å²) in [6.45, 7) is 4.23. The number of nitro benzene ring substituents is 1. The molecule has 1 aliphatic heterocycles. The Labute approximate surface area is 191 Å². The highest BCUT2D eigenvalue weighted by Crippen LogP contribution is 2.25. The van der Waals surface area contributed by atoms with Crippen LogP contribution in [0.3, 0.4) is 0 Å². The van der Waals surface area contributed by atoms with E-state index in [0.29, 0.717) is 10.6 Å². The zero-order valence-corrected chi connectivity index (χ0v) is 19.5. The summed E-state index contributed by atoms with van der Waals surface area (Å²) >= 11 is 6.12. The van der Waals surface area contributed by atoms with Gasteiger partial charge >= 0.3 is 0 Å². The molecule has 9 nitrogen and oxygen atoms in total. The van der Waals surface area contributed by atoms with Crippen molar-refractivity contribution in [2.45, 2.75) is 37.5 Å². The molecule has 11 heteroatoms. The number of benzene rings is 2. The van der Waals surface area contributed by atoms with E-state index < -0.39 is 14.9 Å². The summed E-state index contributed by atoms with van der Waals surface area (Å²) in [5, 5.41) is 11.3. The third-order valence-corrected chi connectivity index (χ3v) is 7.33. The number of hydrogen-bond acceptors (Lipinski definition) is 6. The number of nitrogens with zero attached hydrogens (tertiary/aromatic N) is 3. The lowest BCUT2D eigenvalue weighted by Crippen LogP contribution is -2.48. The molecule has 0 aliphatic carbocycles. The summed E-state index contributed by atoms with van der Waals surface area (Å²) in [6.07, 6.45) is -0.410. The van der Waals surface area contributed by atoms with Crippen molar-refractivity contribution < 1.29 is 22.9 Å². The monoisotopic (exact) mass is 481 g/mol. The maximum absolute atomic E-state index is 13.0. The third kappa shape index (κ3) is 5.26. The molecule has 1 aliphatic rings. The van der Waals surface area contributed by atoms with Crippen LogP contribution in [0.4, 0.5) is 5.69 Å². The fraction of sp³-hybridized carbons (Fsp3) is 0.381. The number of halogens is 1. The number of nitro groups is 1. The molecule has 0 radical (unpaired) electrons. The van der Waals surface area contributed by atoms with Gasteiger partial charge in [-0.05, 0) is 49.7 Å². The highest BCUT2D eigenvalue weighted by atomic mass is 35.5. The molecule has 0 spiro atoms. The molecule has 2 aromatic rings. The first-order valence-corrected chi connectivity index (χ1v) is 11.7. The average molecular weight is 482 g/mol. The molecule has 2 aromatic carbocycles. The van der Waals surface area contributed by atoms with Crippen molar-refractivity contribution in [3.63, 3.8) is 0 Å². The van der Waals surface area contributed by atoms with Crippen molar-refractivity contribution in [1.29, 1.82) is 0 Å². The van der Waals surface area contributed by atoms with Gasteiger partial charge in [0.15, 0.2) is 0 Å². The first-order chi connectivity index (χ1) is 15.0. The van der Waals surface area contributed by atoms with Crippen LogP contribution in [0.2, 0.25) is 5.02 Å². The van der Waals surface area contributed by atoms with Gasteiger partial charge in [-0.1, -0.05) is 11.6 Å². The Hall–Kier alpha value is -2.53. The van der Waals surface area contributed by atoms with Crippen LogP contribution >= 0.6 is 11.6 Å². The van der Waals surface area contributed by atoms with Gasteiger partial charge in [-0.2, -0.15) is 4.31 Å². The van der Waals surface area contributed by atoms with Crippen LogP contribution in [0.25, 0.3) is 0 Å². The second kappa shape index (κ2) is 9.53. The second-order valence-corrected chi connectivity index (χ2v) is 10.1. The minimum absolute atomic E-state index is 0.0585. The van der Waals surface area contributed by atoms with Gasteiger partial charge in [0.25, 0.3) is 11.6 Å². The molecule has 0 aromatic heterocycles. The number of hydrogen-bond donors (Lipinski definition) is 0. The lowest BCUT2D eigenvalue weighted by atomic mass is 10.1. The number of sulfonamides is 1. The van der Waals surface area contributed by atoms with Crippen molar-refractivity contribution in [2.24, 2.45) is 0 Å². The SMILES string of the molecule is C[C@@H]1CN(S(=O)(=O)c2ccc(C(=O)N(C)Cc3cc([N+](=O)[O-])ccc3Cl)cc2)C[C@@H](C)O1. The molecular weight excluding hydrogens is 458 g/mol. The predicted molar refractivity (Wildman–Crippen MR) is 119 cm³/mol. The zero-order valence-electron chi connectivity index (χ0n) is 17.9. The van der Waals surface area contributed by atoms with E-state index in [9.17, 15) is 23.3 Å². The molecule has 1 fully saturated rings. The van der Waals surface area contributed by atoms with Gasteiger partial charge in [-0.3, -0.25) is 14.9 Å². The van der Waals surface area contributed by atoms with Gasteiger partial charge in [0.2, 0.25) is 10.0 Å². The van der Waals surface area contributed by atoms with Crippen LogP contribution in [-0.4, -0.2) is 60.8 Å². The number of carbonyl (C=O) groups excluding carboxylic acids is 1. The Morgan fingerprint density at radius 3 is 2.34 bits per heavy atom. The van der Waals surface area contributed by atoms with Gasteiger partial charge < -0.3 is 9.64 Å². The zero-order chi connectivity index (χ0) is 23.6. The number of rotatable bonds is 6. The predicted octanol–water partition coefficient (Wildman–Crippen LogP) is 3.32. The molecule has 1 saturated heterocycles. The van der Waals surface area contributed by atoms with Crippen molar-refractivity contribution in [3.05, 3.63) is 68.7 Å². The highest BCUT2D eigenvalue weighted by Gasteiger charge is 2.32. The highest BCUT2D eigenvalue weighted by molar-refractivity contribution is 7.89. The van der Waals surface area contributed by atoms with E-state index in [0.717, 1.165) is 0 Å². The Morgan fingerprint density at radius 1 is 1.19 bits per heavy atom. The molecule has 32 heavy (non-hydrogen) atoms. The van der Waals surface area contributed by atoms with Crippen molar-refractivity contribution >= 4 is 33.2 Å². The lowest BCUT2D eigenvalue weighted by Gasteiger charge is -2.34. The van der Waals surface area contributed by atoms with Gasteiger partial charge in [0.1, 0.15) is 0 Å². The normalized spacial score (nSPS) is 19.5. The van der Waals surface area contributed by atoms with Crippen LogP contribution in [0.15, 0.2) is 47.4 Å². The minimum atomic E-state index is -3.71. The fourth-order valence-corrected chi connectivity index (χ4v) is 5.36. The quantitative estimate of drug-likeness (QED) is 0.462. The molecule has 0 saturated carbocycles. The largest absolute Gasteiger partial charge is 0.373 e. The molecule has 2 atom stereocenters. The maximum Gasteiger partial charge on any atom is 0.269 e. The molecule has 172 valence electrons. The van der Waals surface area contributed by atoms with E-state index in [4.69, 9.17) is 16.3 Å². The van der Waals surface area contributed by atoms with E-state index in [1.807, 2.05) is 13.8 Å². The molecule has 0 N–H and O–H groups in total. The standard InChI is InChI=1S/C21H24ClN3O6S/c1-14-11-24(12-15(2)31-14)32(29,30)19-7-4-16(5-8-19)21(26)23(3)13-17-10-18(25(27)28)6-9-20(17)22/h4-10,14-15H,11-13H2,1-3H3/t14-,15-/m1/s1. The van der Waals surface area contributed by atoms with E-state index in [1.54, 1.807) is 7.05 Å². The number of ether oxygens (including phenoxy) is 1. The number of carbonyl (C=O) groups is 1. The third-order valence-electron chi connectivity index (χ3n) is 5.12. The molecule has 3 rings (SSSR count). The first-order valence-electron chi connectivity index (χ1n) is 9.93. The summed E-state index contributed by atoms with van der Waals surface area (Å²) in [6, 6.07) is 9.75. The smallest absolute Gasteiger partial charge is 0.269 e. The molecule has 1 heterocycles. The van der Waals surface area contributed by atoms with E-state index in [-0.39, 0.29) is 53.9 Å². The first kappa shape index (κ1) is 24.1. The summed E-state index contributed by atoms with van der Waals surface area (Å²) in [7, 11) is -2.17. The Kier molecular flexibility index (Phi) is 7.19.